The fraction of sp³-hybridized carbons (Fsp3) is 1.00. The molecule has 3 nitrogen and oxygen atoms in total. The van der Waals surface area contributed by atoms with Gasteiger partial charge in [-0.15, -0.1) is 0 Å². The van der Waals surface area contributed by atoms with Gasteiger partial charge in [0.2, 0.25) is 0 Å². The minimum absolute atomic E-state index is 0.334. The van der Waals surface area contributed by atoms with E-state index in [0.29, 0.717) is 10.6 Å². The van der Waals surface area contributed by atoms with Crippen LogP contribution in [0.2, 0.25) is 10.6 Å². The maximum absolute atomic E-state index is 10.6. The summed E-state index contributed by atoms with van der Waals surface area (Å²) in [6.07, 6.45) is -1.42. The molecule has 1 saturated heterocycles. The summed E-state index contributed by atoms with van der Waals surface area (Å²) in [4.78, 5) is 0. The Morgan fingerprint density at radius 2 is 1.62 bits per heavy atom. The molecule has 4 heteroatoms. The predicted molar refractivity (Wildman–Crippen MR) is 28.1 cm³/mol. The zero-order valence-corrected chi connectivity index (χ0v) is 5.99. The van der Waals surface area contributed by atoms with E-state index in [2.05, 4.69) is 0 Å². The molecule has 1 aliphatic heterocycles. The number of rotatable bonds is 0. The molecule has 1 aliphatic rings. The van der Waals surface area contributed by atoms with Crippen molar-refractivity contribution in [1.82, 2.24) is 0 Å². The fourth-order valence-corrected chi connectivity index (χ4v) is 3.49. The molecule has 0 spiro atoms. The molecular weight excluding hydrogens is 175 g/mol. The van der Waals surface area contributed by atoms with Gasteiger partial charge in [-0.3, -0.25) is 0 Å². The predicted octanol–water partition coefficient (Wildman–Crippen LogP) is -0.856. The summed E-state index contributed by atoms with van der Waals surface area (Å²) in [5.74, 6) is 0. The first-order valence-corrected chi connectivity index (χ1v) is 5.53. The van der Waals surface area contributed by atoms with Gasteiger partial charge in [-0.1, -0.05) is 0 Å². The van der Waals surface area contributed by atoms with Crippen molar-refractivity contribution in [2.75, 3.05) is 0 Å². The van der Waals surface area contributed by atoms with Gasteiger partial charge in [-0.2, -0.15) is 0 Å². The molecule has 1 heterocycles. The Kier molecular flexibility index (Phi) is 1.77. The van der Waals surface area contributed by atoms with Crippen molar-refractivity contribution in [2.45, 2.75) is 22.8 Å². The van der Waals surface area contributed by atoms with Crippen molar-refractivity contribution in [2.24, 2.45) is 0 Å². The molecule has 0 amide bonds. The van der Waals surface area contributed by atoms with Crippen molar-refractivity contribution in [1.29, 1.82) is 0 Å². The molecule has 1 rings (SSSR count). The Morgan fingerprint density at radius 3 is 1.75 bits per heavy atom. The van der Waals surface area contributed by atoms with Crippen molar-refractivity contribution in [3.05, 3.63) is 0 Å². The normalized spacial score (nSPS) is 40.8. The van der Waals surface area contributed by atoms with Crippen LogP contribution in [-0.4, -0.2) is 36.3 Å². The van der Waals surface area contributed by atoms with Gasteiger partial charge in [-0.25, -0.2) is 0 Å². The summed E-state index contributed by atoms with van der Waals surface area (Å²) in [5.41, 5.74) is 0. The second kappa shape index (κ2) is 2.23. The van der Waals surface area contributed by atoms with Gasteiger partial charge >= 0.3 is 50.7 Å². The first kappa shape index (κ1) is 6.36. The van der Waals surface area contributed by atoms with Gasteiger partial charge in [0.05, 0.1) is 0 Å². The van der Waals surface area contributed by atoms with E-state index in [4.69, 9.17) is 10.2 Å². The van der Waals surface area contributed by atoms with Crippen LogP contribution in [0.15, 0.2) is 0 Å². The Bertz CT molecular complexity index is 102. The fourth-order valence-electron chi connectivity index (χ4n) is 0.671. The zero-order chi connectivity index (χ0) is 6.15. The van der Waals surface area contributed by atoms with Crippen LogP contribution in [0.1, 0.15) is 0 Å². The summed E-state index contributed by atoms with van der Waals surface area (Å²) >= 11 is -1.80. The van der Waals surface area contributed by atoms with Crippen molar-refractivity contribution in [3.8, 4) is 0 Å². The van der Waals surface area contributed by atoms with E-state index >= 15 is 0 Å². The second-order valence-corrected chi connectivity index (χ2v) is 5.15. The zero-order valence-electron chi connectivity index (χ0n) is 4.28. The molecule has 0 aromatic heterocycles. The first-order valence-electron chi connectivity index (χ1n) is 2.41. The SMILES string of the molecule is O=[Se]1C[C@H](O)[C@@H](O)C1. The number of aliphatic hydroxyl groups excluding tert-OH is 2. The van der Waals surface area contributed by atoms with Crippen LogP contribution in [0.25, 0.3) is 0 Å². The molecule has 0 unspecified atom stereocenters. The minimum atomic E-state index is -1.80. The van der Waals surface area contributed by atoms with E-state index in [1.165, 1.54) is 0 Å². The third-order valence-corrected chi connectivity index (χ3v) is 4.15. The summed E-state index contributed by atoms with van der Waals surface area (Å²) < 4.78 is 10.6. The third-order valence-electron chi connectivity index (χ3n) is 1.16. The van der Waals surface area contributed by atoms with E-state index in [-0.39, 0.29) is 0 Å². The summed E-state index contributed by atoms with van der Waals surface area (Å²) in [5, 5.41) is 18.2. The molecule has 0 aliphatic carbocycles. The van der Waals surface area contributed by atoms with Crippen LogP contribution >= 0.6 is 0 Å². The third kappa shape index (κ3) is 1.14. The Balaban J connectivity index is 2.51. The molecule has 0 aromatic carbocycles. The van der Waals surface area contributed by atoms with Gasteiger partial charge < -0.3 is 0 Å². The van der Waals surface area contributed by atoms with E-state index in [1.54, 1.807) is 0 Å². The molecule has 0 radical (unpaired) electrons. The van der Waals surface area contributed by atoms with Crippen molar-refractivity contribution < 1.29 is 14.0 Å². The summed E-state index contributed by atoms with van der Waals surface area (Å²) in [6.45, 7) is 0. The Morgan fingerprint density at radius 1 is 1.25 bits per heavy atom. The van der Waals surface area contributed by atoms with Crippen LogP contribution in [0, 0.1) is 0 Å². The second-order valence-electron chi connectivity index (χ2n) is 1.91. The van der Waals surface area contributed by atoms with Crippen LogP contribution in [-0.2, 0) is 3.83 Å². The average molecular weight is 183 g/mol. The van der Waals surface area contributed by atoms with E-state index in [0.717, 1.165) is 0 Å². The van der Waals surface area contributed by atoms with Gasteiger partial charge in [0.1, 0.15) is 0 Å². The van der Waals surface area contributed by atoms with E-state index in [1.807, 2.05) is 0 Å². The molecular formula is C4H8O3Se. The number of hydrogen-bond acceptors (Lipinski definition) is 3. The van der Waals surface area contributed by atoms with Gasteiger partial charge in [0, 0.05) is 0 Å². The number of hydrogen-bond donors (Lipinski definition) is 2. The van der Waals surface area contributed by atoms with Crippen LogP contribution in [0.4, 0.5) is 0 Å². The quantitative estimate of drug-likeness (QED) is 0.480. The summed E-state index contributed by atoms with van der Waals surface area (Å²) in [7, 11) is 0. The molecule has 0 saturated carbocycles. The molecule has 2 N–H and O–H groups in total. The molecule has 2 atom stereocenters. The Labute approximate surface area is 51.4 Å². The van der Waals surface area contributed by atoms with Crippen molar-refractivity contribution in [3.63, 3.8) is 0 Å². The maximum atomic E-state index is 10.6. The Hall–Kier alpha value is 0.239. The molecule has 0 aromatic rings. The van der Waals surface area contributed by atoms with E-state index < -0.39 is 26.0 Å². The monoisotopic (exact) mass is 184 g/mol. The van der Waals surface area contributed by atoms with Gasteiger partial charge in [0.25, 0.3) is 0 Å². The molecule has 8 heavy (non-hydrogen) atoms. The van der Waals surface area contributed by atoms with Gasteiger partial charge in [0.15, 0.2) is 0 Å². The standard InChI is InChI=1S/C4H8O3Se/c5-3-1-8(7)2-4(3)6/h3-6H,1-2H2/t3-,4-/m0/s1. The molecule has 0 bridgehead atoms. The average Bonchev–Trinajstić information content (AvgIpc) is 1.85. The van der Waals surface area contributed by atoms with E-state index in [9.17, 15) is 3.83 Å². The molecule has 1 fully saturated rings. The van der Waals surface area contributed by atoms with Crippen molar-refractivity contribution >= 4 is 13.8 Å². The summed E-state index contributed by atoms with van der Waals surface area (Å²) in [6, 6.07) is 0. The van der Waals surface area contributed by atoms with Crippen LogP contribution in [0.3, 0.4) is 0 Å². The topological polar surface area (TPSA) is 57.5 Å². The number of aliphatic hydroxyl groups is 2. The first-order chi connectivity index (χ1) is 3.70. The molecule has 48 valence electrons. The van der Waals surface area contributed by atoms with Crippen LogP contribution < -0.4 is 0 Å². The van der Waals surface area contributed by atoms with Crippen LogP contribution in [0.5, 0.6) is 0 Å². The van der Waals surface area contributed by atoms with Gasteiger partial charge in [-0.05, 0) is 0 Å².